The Morgan fingerprint density at radius 3 is 2.50 bits per heavy atom. The molecule has 0 radical (unpaired) electrons. The SMILES string of the molecule is CSC(=O)C(O)c1ccccc1. The van der Waals surface area contributed by atoms with Gasteiger partial charge in [0.2, 0.25) is 5.12 Å². The van der Waals surface area contributed by atoms with Crippen molar-refractivity contribution in [2.24, 2.45) is 0 Å². The molecule has 0 saturated carbocycles. The third kappa shape index (κ3) is 2.09. The molecule has 0 spiro atoms. The van der Waals surface area contributed by atoms with Crippen molar-refractivity contribution in [1.82, 2.24) is 0 Å². The van der Waals surface area contributed by atoms with E-state index in [-0.39, 0.29) is 5.12 Å². The minimum atomic E-state index is -0.985. The van der Waals surface area contributed by atoms with Crippen LogP contribution in [0.25, 0.3) is 0 Å². The second kappa shape index (κ2) is 4.28. The fourth-order valence-corrected chi connectivity index (χ4v) is 1.24. The van der Waals surface area contributed by atoms with Crippen LogP contribution in [0.15, 0.2) is 30.3 Å². The lowest BCUT2D eigenvalue weighted by Gasteiger charge is -2.06. The topological polar surface area (TPSA) is 37.3 Å². The van der Waals surface area contributed by atoms with Gasteiger partial charge in [0.25, 0.3) is 0 Å². The Hall–Kier alpha value is -0.800. The van der Waals surface area contributed by atoms with E-state index in [0.29, 0.717) is 5.56 Å². The highest BCUT2D eigenvalue weighted by Gasteiger charge is 2.14. The monoisotopic (exact) mass is 182 g/mol. The molecule has 1 N–H and O–H groups in total. The van der Waals surface area contributed by atoms with Gasteiger partial charge in [0.15, 0.2) is 0 Å². The Morgan fingerprint density at radius 1 is 1.42 bits per heavy atom. The molecule has 1 rings (SSSR count). The number of hydrogen-bond acceptors (Lipinski definition) is 3. The lowest BCUT2D eigenvalue weighted by atomic mass is 10.1. The van der Waals surface area contributed by atoms with E-state index in [9.17, 15) is 9.90 Å². The molecule has 3 heteroatoms. The summed E-state index contributed by atoms with van der Waals surface area (Å²) in [6.45, 7) is 0. The summed E-state index contributed by atoms with van der Waals surface area (Å²) in [5.74, 6) is 0. The summed E-state index contributed by atoms with van der Waals surface area (Å²) < 4.78 is 0. The van der Waals surface area contributed by atoms with Gasteiger partial charge in [-0.2, -0.15) is 0 Å². The molecule has 12 heavy (non-hydrogen) atoms. The van der Waals surface area contributed by atoms with Crippen molar-refractivity contribution in [1.29, 1.82) is 0 Å². The van der Waals surface area contributed by atoms with Gasteiger partial charge in [-0.1, -0.05) is 42.1 Å². The Bertz CT molecular complexity index is 258. The van der Waals surface area contributed by atoms with Crippen LogP contribution < -0.4 is 0 Å². The summed E-state index contributed by atoms with van der Waals surface area (Å²) in [7, 11) is 0. The molecule has 0 aliphatic heterocycles. The predicted molar refractivity (Wildman–Crippen MR) is 49.9 cm³/mol. The molecule has 0 amide bonds. The first kappa shape index (κ1) is 9.29. The Labute approximate surface area is 75.6 Å². The van der Waals surface area contributed by atoms with Gasteiger partial charge in [-0.3, -0.25) is 4.79 Å². The molecule has 1 aromatic carbocycles. The Morgan fingerprint density at radius 2 is 2.00 bits per heavy atom. The number of aliphatic hydroxyl groups excluding tert-OH is 1. The van der Waals surface area contributed by atoms with E-state index in [4.69, 9.17) is 0 Å². The second-order valence-corrected chi connectivity index (χ2v) is 3.15. The van der Waals surface area contributed by atoms with Gasteiger partial charge in [0.05, 0.1) is 0 Å². The first-order chi connectivity index (χ1) is 5.75. The van der Waals surface area contributed by atoms with Gasteiger partial charge in [-0.25, -0.2) is 0 Å². The van der Waals surface area contributed by atoms with Crippen LogP contribution >= 0.6 is 11.8 Å². The number of carbonyl (C=O) groups excluding carboxylic acids is 1. The molecule has 0 aliphatic rings. The summed E-state index contributed by atoms with van der Waals surface area (Å²) in [6.07, 6.45) is 0.676. The normalized spacial score (nSPS) is 12.5. The maximum atomic E-state index is 11.0. The quantitative estimate of drug-likeness (QED) is 0.755. The largest absolute Gasteiger partial charge is 0.380 e. The molecule has 0 aromatic heterocycles. The summed E-state index contributed by atoms with van der Waals surface area (Å²) in [5.41, 5.74) is 0.650. The van der Waals surface area contributed by atoms with Crippen LogP contribution in [0.4, 0.5) is 0 Å². The van der Waals surface area contributed by atoms with Crippen molar-refractivity contribution in [3.63, 3.8) is 0 Å². The smallest absolute Gasteiger partial charge is 0.221 e. The highest BCUT2D eigenvalue weighted by molar-refractivity contribution is 8.13. The van der Waals surface area contributed by atoms with Gasteiger partial charge in [0.1, 0.15) is 6.10 Å². The molecule has 0 saturated heterocycles. The van der Waals surface area contributed by atoms with E-state index in [1.165, 1.54) is 0 Å². The predicted octanol–water partition coefficient (Wildman–Crippen LogP) is 1.61. The van der Waals surface area contributed by atoms with E-state index < -0.39 is 6.10 Å². The van der Waals surface area contributed by atoms with Crippen molar-refractivity contribution in [2.75, 3.05) is 6.26 Å². The summed E-state index contributed by atoms with van der Waals surface area (Å²) >= 11 is 1.04. The number of rotatable bonds is 2. The number of benzene rings is 1. The fourth-order valence-electron chi connectivity index (χ4n) is 0.883. The highest BCUT2D eigenvalue weighted by Crippen LogP contribution is 2.17. The molecule has 0 aliphatic carbocycles. The molecule has 1 atom stereocenters. The number of aliphatic hydroxyl groups is 1. The number of hydrogen-bond donors (Lipinski definition) is 1. The minimum Gasteiger partial charge on any atom is -0.380 e. The summed E-state index contributed by atoms with van der Waals surface area (Å²) in [5, 5.41) is 9.20. The lowest BCUT2D eigenvalue weighted by Crippen LogP contribution is -2.06. The lowest BCUT2D eigenvalue weighted by molar-refractivity contribution is -0.118. The molecule has 0 heterocycles. The van der Waals surface area contributed by atoms with Crippen LogP contribution in [0.2, 0.25) is 0 Å². The van der Waals surface area contributed by atoms with Crippen molar-refractivity contribution >= 4 is 16.9 Å². The van der Waals surface area contributed by atoms with Gasteiger partial charge in [0, 0.05) is 0 Å². The van der Waals surface area contributed by atoms with Crippen LogP contribution in [-0.2, 0) is 4.79 Å². The van der Waals surface area contributed by atoms with Crippen LogP contribution in [0.1, 0.15) is 11.7 Å². The molecule has 0 bridgehead atoms. The van der Waals surface area contributed by atoms with Gasteiger partial charge in [-0.05, 0) is 11.8 Å². The third-order valence-electron chi connectivity index (χ3n) is 1.54. The van der Waals surface area contributed by atoms with Crippen LogP contribution in [0.3, 0.4) is 0 Å². The average molecular weight is 182 g/mol. The minimum absolute atomic E-state index is 0.221. The second-order valence-electron chi connectivity index (χ2n) is 2.34. The number of carbonyl (C=O) groups is 1. The van der Waals surface area contributed by atoms with E-state index in [1.54, 1.807) is 30.5 Å². The molecule has 2 nitrogen and oxygen atoms in total. The van der Waals surface area contributed by atoms with Crippen LogP contribution in [0, 0.1) is 0 Å². The standard InChI is InChI=1S/C9H10O2S/c1-12-9(11)8(10)7-5-3-2-4-6-7/h2-6,8,10H,1H3. The van der Waals surface area contributed by atoms with Crippen molar-refractivity contribution < 1.29 is 9.90 Å². The maximum absolute atomic E-state index is 11.0. The van der Waals surface area contributed by atoms with Crippen molar-refractivity contribution in [2.45, 2.75) is 6.10 Å². The van der Waals surface area contributed by atoms with E-state index in [1.807, 2.05) is 6.07 Å². The first-order valence-electron chi connectivity index (χ1n) is 3.56. The Kier molecular flexibility index (Phi) is 3.31. The van der Waals surface area contributed by atoms with Crippen molar-refractivity contribution in [3.05, 3.63) is 35.9 Å². The summed E-state index contributed by atoms with van der Waals surface area (Å²) in [6, 6.07) is 8.91. The molecule has 64 valence electrons. The first-order valence-corrected chi connectivity index (χ1v) is 4.79. The molecular weight excluding hydrogens is 172 g/mol. The average Bonchev–Trinajstić information content (AvgIpc) is 2.17. The maximum Gasteiger partial charge on any atom is 0.221 e. The molecular formula is C9H10O2S. The van der Waals surface area contributed by atoms with E-state index in [0.717, 1.165) is 11.8 Å². The fraction of sp³-hybridized carbons (Fsp3) is 0.222. The zero-order valence-corrected chi connectivity index (χ0v) is 7.54. The van der Waals surface area contributed by atoms with Gasteiger partial charge in [-0.15, -0.1) is 0 Å². The third-order valence-corrected chi connectivity index (χ3v) is 2.17. The van der Waals surface area contributed by atoms with Gasteiger partial charge >= 0.3 is 0 Å². The number of thioether (sulfide) groups is 1. The van der Waals surface area contributed by atoms with Gasteiger partial charge < -0.3 is 5.11 Å². The zero-order chi connectivity index (χ0) is 8.97. The Balaban J connectivity index is 2.78. The molecule has 1 aromatic rings. The molecule has 0 fully saturated rings. The zero-order valence-electron chi connectivity index (χ0n) is 6.73. The van der Waals surface area contributed by atoms with Crippen LogP contribution in [0.5, 0.6) is 0 Å². The molecule has 1 unspecified atom stereocenters. The highest BCUT2D eigenvalue weighted by atomic mass is 32.2. The van der Waals surface area contributed by atoms with E-state index >= 15 is 0 Å². The summed E-state index contributed by atoms with van der Waals surface area (Å²) in [4.78, 5) is 11.0. The van der Waals surface area contributed by atoms with Crippen molar-refractivity contribution in [3.8, 4) is 0 Å². The van der Waals surface area contributed by atoms with E-state index in [2.05, 4.69) is 0 Å². The van der Waals surface area contributed by atoms with Crippen LogP contribution in [-0.4, -0.2) is 16.5 Å².